The fourth-order valence-electron chi connectivity index (χ4n) is 2.13. The molecular formula is C13H19N3O. The largest absolute Gasteiger partial charge is 0.345 e. The van der Waals surface area contributed by atoms with Gasteiger partial charge in [0.2, 0.25) is 5.91 Å². The lowest BCUT2D eigenvalue weighted by Gasteiger charge is -2.17. The maximum Gasteiger partial charge on any atom is 0.236 e. The van der Waals surface area contributed by atoms with E-state index in [0.717, 1.165) is 25.1 Å². The van der Waals surface area contributed by atoms with Crippen molar-refractivity contribution in [2.45, 2.75) is 25.8 Å². The molecule has 1 N–H and O–H groups in total. The average Bonchev–Trinajstić information content (AvgIpc) is 2.78. The van der Waals surface area contributed by atoms with Crippen LogP contribution < -0.4 is 5.32 Å². The molecule has 1 aromatic heterocycles. The van der Waals surface area contributed by atoms with Gasteiger partial charge in [0.25, 0.3) is 0 Å². The second-order valence-corrected chi connectivity index (χ2v) is 4.43. The predicted molar refractivity (Wildman–Crippen MR) is 66.6 cm³/mol. The van der Waals surface area contributed by atoms with Crippen molar-refractivity contribution in [3.8, 4) is 0 Å². The number of amides is 1. The first-order valence-corrected chi connectivity index (χ1v) is 6.13. The number of rotatable bonds is 4. The number of hydrogen-bond donors (Lipinski definition) is 1. The predicted octanol–water partition coefficient (Wildman–Crippen LogP) is 1.14. The summed E-state index contributed by atoms with van der Waals surface area (Å²) in [6, 6.07) is 4.32. The van der Waals surface area contributed by atoms with Gasteiger partial charge >= 0.3 is 0 Å². The van der Waals surface area contributed by atoms with Gasteiger partial charge in [-0.2, -0.15) is 0 Å². The van der Waals surface area contributed by atoms with Gasteiger partial charge in [0, 0.05) is 19.8 Å². The Bertz CT molecular complexity index is 405. The molecule has 1 atom stereocenters. The minimum Gasteiger partial charge on any atom is -0.345 e. The van der Waals surface area contributed by atoms with Crippen molar-refractivity contribution in [1.29, 1.82) is 0 Å². The molecule has 0 saturated carbocycles. The third kappa shape index (κ3) is 2.64. The molecule has 1 aromatic rings. The summed E-state index contributed by atoms with van der Waals surface area (Å²) in [7, 11) is 1.82. The maximum atomic E-state index is 11.7. The van der Waals surface area contributed by atoms with E-state index >= 15 is 0 Å². The third-order valence-corrected chi connectivity index (χ3v) is 3.36. The second-order valence-electron chi connectivity index (χ2n) is 4.43. The first-order chi connectivity index (χ1) is 8.22. The van der Waals surface area contributed by atoms with E-state index in [1.165, 1.54) is 5.56 Å². The zero-order valence-corrected chi connectivity index (χ0v) is 10.4. The fourth-order valence-corrected chi connectivity index (χ4v) is 2.13. The highest BCUT2D eigenvalue weighted by atomic mass is 16.2. The summed E-state index contributed by atoms with van der Waals surface area (Å²) in [5.41, 5.74) is 2.42. The standard InChI is InChI=1S/C13H19N3O/c1-3-16(2)12(17)9-15-11-7-6-10-5-4-8-14-13(10)11/h4-5,8,11,15H,3,6-7,9H2,1-2H3. The lowest BCUT2D eigenvalue weighted by atomic mass is 10.2. The van der Waals surface area contributed by atoms with Crippen LogP contribution in [-0.4, -0.2) is 35.9 Å². The van der Waals surface area contributed by atoms with Gasteiger partial charge in [0.05, 0.1) is 18.3 Å². The van der Waals surface area contributed by atoms with Crippen LogP contribution in [-0.2, 0) is 11.2 Å². The van der Waals surface area contributed by atoms with Crippen LogP contribution in [0.2, 0.25) is 0 Å². The van der Waals surface area contributed by atoms with Crippen molar-refractivity contribution >= 4 is 5.91 Å². The Morgan fingerprint density at radius 3 is 3.24 bits per heavy atom. The van der Waals surface area contributed by atoms with Crippen molar-refractivity contribution in [2.75, 3.05) is 20.1 Å². The monoisotopic (exact) mass is 233 g/mol. The number of pyridine rings is 1. The average molecular weight is 233 g/mol. The Morgan fingerprint density at radius 2 is 2.47 bits per heavy atom. The van der Waals surface area contributed by atoms with Gasteiger partial charge < -0.3 is 10.2 Å². The minimum atomic E-state index is 0.136. The summed E-state index contributed by atoms with van der Waals surface area (Å²) in [6.45, 7) is 3.12. The molecule has 0 radical (unpaired) electrons. The maximum absolute atomic E-state index is 11.7. The number of carbonyl (C=O) groups is 1. The molecule has 17 heavy (non-hydrogen) atoms. The number of nitrogens with one attached hydrogen (secondary N) is 1. The highest BCUT2D eigenvalue weighted by Crippen LogP contribution is 2.28. The highest BCUT2D eigenvalue weighted by molar-refractivity contribution is 5.77. The second kappa shape index (κ2) is 5.27. The Hall–Kier alpha value is -1.42. The van der Waals surface area contributed by atoms with Crippen LogP contribution in [0.4, 0.5) is 0 Å². The number of nitrogens with zero attached hydrogens (tertiary/aromatic N) is 2. The molecule has 4 nitrogen and oxygen atoms in total. The Morgan fingerprint density at radius 1 is 1.65 bits per heavy atom. The normalized spacial score (nSPS) is 17.9. The van der Waals surface area contributed by atoms with Crippen molar-refractivity contribution in [3.63, 3.8) is 0 Å². The van der Waals surface area contributed by atoms with E-state index in [9.17, 15) is 4.79 Å². The molecule has 92 valence electrons. The number of fused-ring (bicyclic) bond motifs is 1. The van der Waals surface area contributed by atoms with Gasteiger partial charge in [-0.05, 0) is 31.4 Å². The SMILES string of the molecule is CCN(C)C(=O)CNC1CCc2cccnc21. The molecule has 1 aliphatic rings. The van der Waals surface area contributed by atoms with Crippen molar-refractivity contribution in [1.82, 2.24) is 15.2 Å². The molecule has 0 spiro atoms. The number of aromatic nitrogens is 1. The summed E-state index contributed by atoms with van der Waals surface area (Å²) in [6.07, 6.45) is 3.91. The minimum absolute atomic E-state index is 0.136. The summed E-state index contributed by atoms with van der Waals surface area (Å²) < 4.78 is 0. The zero-order valence-electron chi connectivity index (χ0n) is 10.4. The van der Waals surface area contributed by atoms with Crippen LogP contribution in [0.1, 0.15) is 30.6 Å². The van der Waals surface area contributed by atoms with Gasteiger partial charge in [-0.3, -0.25) is 9.78 Å². The zero-order chi connectivity index (χ0) is 12.3. The van der Waals surface area contributed by atoms with Gasteiger partial charge in [-0.1, -0.05) is 6.07 Å². The van der Waals surface area contributed by atoms with Gasteiger partial charge in [0.15, 0.2) is 0 Å². The molecule has 0 saturated heterocycles. The third-order valence-electron chi connectivity index (χ3n) is 3.36. The van der Waals surface area contributed by atoms with Crippen molar-refractivity contribution in [3.05, 3.63) is 29.6 Å². The van der Waals surface area contributed by atoms with E-state index in [1.807, 2.05) is 26.2 Å². The highest BCUT2D eigenvalue weighted by Gasteiger charge is 2.23. The lowest BCUT2D eigenvalue weighted by molar-refractivity contribution is -0.128. The Balaban J connectivity index is 1.92. The van der Waals surface area contributed by atoms with Crippen LogP contribution >= 0.6 is 0 Å². The van der Waals surface area contributed by atoms with E-state index < -0.39 is 0 Å². The molecule has 2 rings (SSSR count). The van der Waals surface area contributed by atoms with Gasteiger partial charge in [-0.25, -0.2) is 0 Å². The number of carbonyl (C=O) groups excluding carboxylic acids is 1. The molecule has 0 aromatic carbocycles. The van der Waals surface area contributed by atoms with E-state index in [2.05, 4.69) is 16.4 Å². The Kier molecular flexibility index (Phi) is 3.74. The summed E-state index contributed by atoms with van der Waals surface area (Å²) >= 11 is 0. The molecule has 0 aliphatic heterocycles. The van der Waals surface area contributed by atoms with Crippen LogP contribution in [0.5, 0.6) is 0 Å². The molecule has 0 fully saturated rings. The number of likely N-dealkylation sites (N-methyl/N-ethyl adjacent to an activating group) is 1. The first kappa shape index (κ1) is 12.0. The van der Waals surface area contributed by atoms with Crippen LogP contribution in [0, 0.1) is 0 Å². The molecule has 1 aliphatic carbocycles. The van der Waals surface area contributed by atoms with Crippen LogP contribution in [0.25, 0.3) is 0 Å². The summed E-state index contributed by atoms with van der Waals surface area (Å²) in [5.74, 6) is 0.136. The first-order valence-electron chi connectivity index (χ1n) is 6.13. The van der Waals surface area contributed by atoms with E-state index in [-0.39, 0.29) is 11.9 Å². The smallest absolute Gasteiger partial charge is 0.236 e. The number of hydrogen-bond acceptors (Lipinski definition) is 3. The van der Waals surface area contributed by atoms with Crippen LogP contribution in [0.3, 0.4) is 0 Å². The number of aryl methyl sites for hydroxylation is 1. The van der Waals surface area contributed by atoms with E-state index in [4.69, 9.17) is 0 Å². The molecule has 0 bridgehead atoms. The van der Waals surface area contributed by atoms with Crippen molar-refractivity contribution in [2.24, 2.45) is 0 Å². The molecule has 1 unspecified atom stereocenters. The molecular weight excluding hydrogens is 214 g/mol. The lowest BCUT2D eigenvalue weighted by Crippen LogP contribution is -2.36. The molecule has 1 heterocycles. The quantitative estimate of drug-likeness (QED) is 0.848. The molecule has 1 amide bonds. The molecule has 4 heteroatoms. The summed E-state index contributed by atoms with van der Waals surface area (Å²) in [5, 5.41) is 3.30. The van der Waals surface area contributed by atoms with Gasteiger partial charge in [-0.15, -0.1) is 0 Å². The topological polar surface area (TPSA) is 45.2 Å². The van der Waals surface area contributed by atoms with Gasteiger partial charge in [0.1, 0.15) is 0 Å². The fraction of sp³-hybridized carbons (Fsp3) is 0.538. The Labute approximate surface area is 102 Å². The van der Waals surface area contributed by atoms with E-state index in [0.29, 0.717) is 6.54 Å². The van der Waals surface area contributed by atoms with Crippen LogP contribution in [0.15, 0.2) is 18.3 Å². The van der Waals surface area contributed by atoms with E-state index in [1.54, 1.807) is 4.90 Å². The summed E-state index contributed by atoms with van der Waals surface area (Å²) in [4.78, 5) is 17.8. The van der Waals surface area contributed by atoms with Crippen molar-refractivity contribution < 1.29 is 4.79 Å².